The van der Waals surface area contributed by atoms with Gasteiger partial charge < -0.3 is 20.5 Å². The summed E-state index contributed by atoms with van der Waals surface area (Å²) >= 11 is 1.40. The summed E-state index contributed by atoms with van der Waals surface area (Å²) in [7, 11) is 1.57. The minimum atomic E-state index is -1.32. The Kier molecular flexibility index (Phi) is 6.25. The number of hydrogen-bond acceptors (Lipinski definition) is 7. The fourth-order valence-corrected chi connectivity index (χ4v) is 4.58. The van der Waals surface area contributed by atoms with E-state index in [1.165, 1.54) is 17.4 Å². The zero-order chi connectivity index (χ0) is 24.5. The maximum Gasteiger partial charge on any atom is 0.325 e. The van der Waals surface area contributed by atoms with Gasteiger partial charge in [-0.25, -0.2) is 9.78 Å². The third kappa shape index (κ3) is 4.19. The zero-order valence-corrected chi connectivity index (χ0v) is 19.8. The third-order valence-corrected chi connectivity index (χ3v) is 6.52. The lowest BCUT2D eigenvalue weighted by Crippen LogP contribution is -2.41. The molecule has 2 heterocycles. The summed E-state index contributed by atoms with van der Waals surface area (Å²) in [6.45, 7) is 4.04. The highest BCUT2D eigenvalue weighted by Crippen LogP contribution is 2.35. The van der Waals surface area contributed by atoms with E-state index < -0.39 is 23.4 Å². The van der Waals surface area contributed by atoms with Gasteiger partial charge in [-0.3, -0.25) is 14.5 Å². The van der Waals surface area contributed by atoms with Crippen molar-refractivity contribution in [2.24, 2.45) is 5.73 Å². The number of carbonyl (C=O) groups excluding carboxylic acids is 3. The number of benzene rings is 2. The van der Waals surface area contributed by atoms with E-state index in [0.717, 1.165) is 15.5 Å². The standard InChI is InChI=1S/C24H24N4O5S/c1-4-33-18-9-8-15(11-19(18)32-3)21-26-17(13-34-21)12-28-22(30)24(2,27-23(28)31)16-7-5-6-14(10-16)20(25)29/h5-11,13H,4,12H2,1-3H3,(H2,25,29)(H,27,31). The van der Waals surface area contributed by atoms with Crippen molar-refractivity contribution < 1.29 is 23.9 Å². The van der Waals surface area contributed by atoms with Gasteiger partial charge in [-0.05, 0) is 49.7 Å². The molecule has 4 rings (SSSR count). The van der Waals surface area contributed by atoms with Crippen LogP contribution in [0.4, 0.5) is 4.79 Å². The van der Waals surface area contributed by atoms with Gasteiger partial charge in [-0.15, -0.1) is 11.3 Å². The van der Waals surface area contributed by atoms with Gasteiger partial charge in [0.2, 0.25) is 5.91 Å². The van der Waals surface area contributed by atoms with Crippen LogP contribution in [0.2, 0.25) is 0 Å². The van der Waals surface area contributed by atoms with Crippen molar-refractivity contribution in [1.82, 2.24) is 15.2 Å². The lowest BCUT2D eigenvalue weighted by atomic mass is 9.90. The first-order chi connectivity index (χ1) is 16.3. The molecular weight excluding hydrogens is 456 g/mol. The second-order valence-corrected chi connectivity index (χ2v) is 8.69. The molecule has 1 aromatic heterocycles. The summed E-state index contributed by atoms with van der Waals surface area (Å²) in [6, 6.07) is 11.4. The van der Waals surface area contributed by atoms with Crippen LogP contribution in [0.5, 0.6) is 11.5 Å². The summed E-state index contributed by atoms with van der Waals surface area (Å²) < 4.78 is 11.0. The van der Waals surface area contributed by atoms with E-state index in [-0.39, 0.29) is 12.1 Å². The first kappa shape index (κ1) is 23.2. The smallest absolute Gasteiger partial charge is 0.325 e. The Labute approximate surface area is 200 Å². The number of imide groups is 1. The highest BCUT2D eigenvalue weighted by Gasteiger charge is 2.49. The molecule has 9 nitrogen and oxygen atoms in total. The lowest BCUT2D eigenvalue weighted by Gasteiger charge is -2.22. The van der Waals surface area contributed by atoms with E-state index in [1.54, 1.807) is 32.2 Å². The van der Waals surface area contributed by atoms with Crippen molar-refractivity contribution in [3.05, 3.63) is 64.7 Å². The molecule has 0 spiro atoms. The molecule has 4 amide bonds. The molecule has 0 bridgehead atoms. The van der Waals surface area contributed by atoms with Crippen LogP contribution in [-0.4, -0.2) is 41.4 Å². The number of rotatable bonds is 8. The van der Waals surface area contributed by atoms with Gasteiger partial charge in [0, 0.05) is 16.5 Å². The van der Waals surface area contributed by atoms with Crippen LogP contribution < -0.4 is 20.5 Å². The van der Waals surface area contributed by atoms with Crippen molar-refractivity contribution in [3.63, 3.8) is 0 Å². The Bertz CT molecular complexity index is 1270. The van der Waals surface area contributed by atoms with Crippen LogP contribution in [0.25, 0.3) is 10.6 Å². The molecule has 3 aromatic rings. The maximum absolute atomic E-state index is 13.3. The molecule has 2 aromatic carbocycles. The minimum Gasteiger partial charge on any atom is -0.493 e. The molecule has 0 saturated carbocycles. The predicted molar refractivity (Wildman–Crippen MR) is 127 cm³/mol. The van der Waals surface area contributed by atoms with Gasteiger partial charge in [-0.1, -0.05) is 12.1 Å². The van der Waals surface area contributed by atoms with Crippen LogP contribution in [0, 0.1) is 0 Å². The lowest BCUT2D eigenvalue weighted by molar-refractivity contribution is -0.131. The minimum absolute atomic E-state index is 0.0143. The van der Waals surface area contributed by atoms with E-state index in [1.807, 2.05) is 30.5 Å². The number of aromatic nitrogens is 1. The quantitative estimate of drug-likeness (QED) is 0.477. The van der Waals surface area contributed by atoms with Gasteiger partial charge in [0.05, 0.1) is 26.0 Å². The average Bonchev–Trinajstić information content (AvgIpc) is 3.38. The molecule has 34 heavy (non-hydrogen) atoms. The summed E-state index contributed by atoms with van der Waals surface area (Å²) in [5.41, 5.74) is 6.19. The number of ether oxygens (including phenoxy) is 2. The average molecular weight is 481 g/mol. The SMILES string of the molecule is CCOc1ccc(-c2nc(CN3C(=O)NC(C)(c4cccc(C(N)=O)c4)C3=O)cs2)cc1OC. The molecule has 10 heteroatoms. The number of nitrogens with two attached hydrogens (primary N) is 1. The molecule has 0 aliphatic carbocycles. The molecule has 1 fully saturated rings. The Morgan fingerprint density at radius 3 is 2.71 bits per heavy atom. The van der Waals surface area contributed by atoms with Gasteiger partial charge >= 0.3 is 6.03 Å². The van der Waals surface area contributed by atoms with Crippen molar-refractivity contribution in [2.45, 2.75) is 25.9 Å². The second kappa shape index (κ2) is 9.14. The number of primary amides is 1. The van der Waals surface area contributed by atoms with Gasteiger partial charge in [0.15, 0.2) is 11.5 Å². The fourth-order valence-electron chi connectivity index (χ4n) is 3.77. The van der Waals surface area contributed by atoms with Gasteiger partial charge in [0.25, 0.3) is 5.91 Å². The number of nitrogens with zero attached hydrogens (tertiary/aromatic N) is 2. The third-order valence-electron chi connectivity index (χ3n) is 5.58. The number of carbonyl (C=O) groups is 3. The number of thiazole rings is 1. The fraction of sp³-hybridized carbons (Fsp3) is 0.250. The molecule has 0 radical (unpaired) electrons. The molecule has 3 N–H and O–H groups in total. The number of nitrogens with one attached hydrogen (secondary N) is 1. The van der Waals surface area contributed by atoms with E-state index in [9.17, 15) is 14.4 Å². The largest absolute Gasteiger partial charge is 0.493 e. The van der Waals surface area contributed by atoms with Gasteiger partial charge in [-0.2, -0.15) is 0 Å². The monoisotopic (exact) mass is 480 g/mol. The van der Waals surface area contributed by atoms with Crippen LogP contribution in [0.1, 0.15) is 35.5 Å². The van der Waals surface area contributed by atoms with Crippen LogP contribution in [0.3, 0.4) is 0 Å². The Balaban J connectivity index is 1.55. The van der Waals surface area contributed by atoms with Gasteiger partial charge in [0.1, 0.15) is 10.5 Å². The Hall–Kier alpha value is -3.92. The van der Waals surface area contributed by atoms with E-state index in [0.29, 0.717) is 29.4 Å². The number of hydrogen-bond donors (Lipinski definition) is 2. The number of urea groups is 1. The van der Waals surface area contributed by atoms with Crippen molar-refractivity contribution in [3.8, 4) is 22.1 Å². The first-order valence-corrected chi connectivity index (χ1v) is 11.4. The van der Waals surface area contributed by atoms with E-state index >= 15 is 0 Å². The normalized spacial score (nSPS) is 17.6. The number of amides is 4. The summed E-state index contributed by atoms with van der Waals surface area (Å²) in [5.74, 6) is 0.195. The topological polar surface area (TPSA) is 124 Å². The zero-order valence-electron chi connectivity index (χ0n) is 19.0. The summed E-state index contributed by atoms with van der Waals surface area (Å²) in [4.78, 5) is 43.2. The highest BCUT2D eigenvalue weighted by atomic mass is 32.1. The van der Waals surface area contributed by atoms with Crippen molar-refractivity contribution in [1.29, 1.82) is 0 Å². The first-order valence-electron chi connectivity index (χ1n) is 10.6. The molecule has 176 valence electrons. The van der Waals surface area contributed by atoms with E-state index in [4.69, 9.17) is 15.2 Å². The maximum atomic E-state index is 13.3. The summed E-state index contributed by atoms with van der Waals surface area (Å²) in [5, 5.41) is 5.27. The molecule has 1 atom stereocenters. The van der Waals surface area contributed by atoms with Crippen molar-refractivity contribution in [2.75, 3.05) is 13.7 Å². The second-order valence-electron chi connectivity index (χ2n) is 7.83. The molecule has 1 saturated heterocycles. The number of methoxy groups -OCH3 is 1. The molecular formula is C24H24N4O5S. The van der Waals surface area contributed by atoms with Crippen LogP contribution >= 0.6 is 11.3 Å². The molecule has 1 aliphatic rings. The Morgan fingerprint density at radius 2 is 2.00 bits per heavy atom. The van der Waals surface area contributed by atoms with Crippen LogP contribution in [-0.2, 0) is 16.9 Å². The predicted octanol–water partition coefficient (Wildman–Crippen LogP) is 3.28. The van der Waals surface area contributed by atoms with Crippen LogP contribution in [0.15, 0.2) is 47.8 Å². The molecule has 1 unspecified atom stereocenters. The Morgan fingerprint density at radius 1 is 1.21 bits per heavy atom. The summed E-state index contributed by atoms with van der Waals surface area (Å²) in [6.07, 6.45) is 0. The molecule has 1 aliphatic heterocycles. The van der Waals surface area contributed by atoms with Crippen molar-refractivity contribution >= 4 is 29.2 Å². The highest BCUT2D eigenvalue weighted by molar-refractivity contribution is 7.13. The van der Waals surface area contributed by atoms with E-state index in [2.05, 4.69) is 10.3 Å².